The summed E-state index contributed by atoms with van der Waals surface area (Å²) in [6.45, 7) is 3.25. The lowest BCUT2D eigenvalue weighted by Gasteiger charge is -2.38. The van der Waals surface area contributed by atoms with Crippen LogP contribution in [0.4, 0.5) is 0 Å². The minimum atomic E-state index is -3.64. The van der Waals surface area contributed by atoms with E-state index in [1.165, 1.54) is 8.61 Å². The number of rotatable bonds is 3. The van der Waals surface area contributed by atoms with E-state index in [0.717, 1.165) is 18.6 Å². The van der Waals surface area contributed by atoms with Crippen molar-refractivity contribution in [3.63, 3.8) is 0 Å². The van der Waals surface area contributed by atoms with E-state index in [4.69, 9.17) is 0 Å². The quantitative estimate of drug-likeness (QED) is 0.826. The summed E-state index contributed by atoms with van der Waals surface area (Å²) in [4.78, 5) is 11.2. The molecule has 8 heteroatoms. The Morgan fingerprint density at radius 1 is 1.32 bits per heavy atom. The molecule has 2 saturated heterocycles. The Hall–Kier alpha value is -0.310. The first-order chi connectivity index (χ1) is 8.93. The molecule has 2 fully saturated rings. The van der Waals surface area contributed by atoms with Gasteiger partial charge in [0.05, 0.1) is 0 Å². The highest BCUT2D eigenvalue weighted by Crippen LogP contribution is 2.26. The fourth-order valence-corrected chi connectivity index (χ4v) is 5.70. The van der Waals surface area contributed by atoms with Crippen molar-refractivity contribution in [1.29, 1.82) is 0 Å². The molecular weight excluding hydrogens is 288 g/mol. The predicted octanol–water partition coefficient (Wildman–Crippen LogP) is 0.608. The van der Waals surface area contributed by atoms with Gasteiger partial charge in [-0.15, -0.1) is 0 Å². The molecule has 6 nitrogen and oxygen atoms in total. The second-order valence-corrected chi connectivity index (χ2v) is 8.44. The van der Waals surface area contributed by atoms with Crippen molar-refractivity contribution < 1.29 is 18.3 Å². The van der Waals surface area contributed by atoms with Gasteiger partial charge in [-0.25, -0.2) is 0 Å². The summed E-state index contributed by atoms with van der Waals surface area (Å²) < 4.78 is 27.8. The van der Waals surface area contributed by atoms with Crippen LogP contribution in [0, 0.1) is 0 Å². The van der Waals surface area contributed by atoms with Crippen LogP contribution in [0.1, 0.15) is 26.2 Å². The van der Waals surface area contributed by atoms with Crippen LogP contribution in [-0.4, -0.2) is 64.8 Å². The Morgan fingerprint density at radius 3 is 2.68 bits per heavy atom. The molecule has 2 atom stereocenters. The molecule has 19 heavy (non-hydrogen) atoms. The standard InChI is InChI=1S/C11H20N2O4S2/c1-9-8-12(6-7-18-9)19(16,17)13-5-3-2-4-10(13)11(14)15/h9-10H,2-8H2,1H3,(H,14,15). The first-order valence-electron chi connectivity index (χ1n) is 6.54. The molecule has 2 aliphatic heterocycles. The second kappa shape index (κ2) is 5.99. The van der Waals surface area contributed by atoms with Gasteiger partial charge in [-0.1, -0.05) is 6.92 Å². The van der Waals surface area contributed by atoms with Crippen LogP contribution in [0.25, 0.3) is 0 Å². The van der Waals surface area contributed by atoms with Gasteiger partial charge in [0.25, 0.3) is 10.2 Å². The molecular formula is C11H20N2O4S2. The van der Waals surface area contributed by atoms with Crippen molar-refractivity contribution in [1.82, 2.24) is 8.61 Å². The zero-order valence-corrected chi connectivity index (χ0v) is 12.6. The van der Waals surface area contributed by atoms with Gasteiger partial charge in [0.15, 0.2) is 0 Å². The number of thioether (sulfide) groups is 1. The van der Waals surface area contributed by atoms with Crippen molar-refractivity contribution in [2.45, 2.75) is 37.5 Å². The Labute approximate surface area is 118 Å². The summed E-state index contributed by atoms with van der Waals surface area (Å²) in [5.41, 5.74) is 0. The minimum absolute atomic E-state index is 0.261. The molecule has 2 aliphatic rings. The molecule has 0 bridgehead atoms. The molecule has 2 unspecified atom stereocenters. The lowest BCUT2D eigenvalue weighted by Crippen LogP contribution is -2.55. The van der Waals surface area contributed by atoms with Crippen LogP contribution < -0.4 is 0 Å². The van der Waals surface area contributed by atoms with Crippen molar-refractivity contribution in [2.24, 2.45) is 0 Å². The highest BCUT2D eigenvalue weighted by molar-refractivity contribution is 8.00. The van der Waals surface area contributed by atoms with Gasteiger partial charge >= 0.3 is 5.97 Å². The van der Waals surface area contributed by atoms with Gasteiger partial charge in [-0.05, 0) is 19.3 Å². The second-order valence-electron chi connectivity index (χ2n) is 5.01. The van der Waals surface area contributed by atoms with Gasteiger partial charge in [0.2, 0.25) is 0 Å². The van der Waals surface area contributed by atoms with E-state index in [2.05, 4.69) is 0 Å². The zero-order valence-electron chi connectivity index (χ0n) is 11.0. The van der Waals surface area contributed by atoms with E-state index in [1.54, 1.807) is 11.8 Å². The number of hydrogen-bond acceptors (Lipinski definition) is 4. The predicted molar refractivity (Wildman–Crippen MR) is 74.4 cm³/mol. The number of hydrogen-bond donors (Lipinski definition) is 1. The van der Waals surface area contributed by atoms with Crippen molar-refractivity contribution in [3.8, 4) is 0 Å². The van der Waals surface area contributed by atoms with Gasteiger partial charge < -0.3 is 5.11 Å². The highest BCUT2D eigenvalue weighted by Gasteiger charge is 2.40. The van der Waals surface area contributed by atoms with Gasteiger partial charge in [-0.3, -0.25) is 4.79 Å². The fourth-order valence-electron chi connectivity index (χ4n) is 2.57. The number of carboxylic acids is 1. The fraction of sp³-hybridized carbons (Fsp3) is 0.909. The smallest absolute Gasteiger partial charge is 0.322 e. The Morgan fingerprint density at radius 2 is 2.05 bits per heavy atom. The number of carbonyl (C=O) groups is 1. The maximum Gasteiger partial charge on any atom is 0.322 e. The molecule has 0 aliphatic carbocycles. The summed E-state index contributed by atoms with van der Waals surface area (Å²) in [6.07, 6.45) is 1.92. The summed E-state index contributed by atoms with van der Waals surface area (Å²) in [5.74, 6) is -0.269. The van der Waals surface area contributed by atoms with E-state index in [-0.39, 0.29) is 5.25 Å². The van der Waals surface area contributed by atoms with Gasteiger partial charge in [-0.2, -0.15) is 28.8 Å². The van der Waals surface area contributed by atoms with Crippen molar-refractivity contribution in [3.05, 3.63) is 0 Å². The third kappa shape index (κ3) is 3.24. The third-order valence-electron chi connectivity index (χ3n) is 3.57. The highest BCUT2D eigenvalue weighted by atomic mass is 32.2. The van der Waals surface area contributed by atoms with E-state index in [9.17, 15) is 18.3 Å². The Kier molecular flexibility index (Phi) is 4.75. The van der Waals surface area contributed by atoms with Gasteiger partial charge in [0.1, 0.15) is 6.04 Å². The Bertz CT molecular complexity index is 440. The van der Waals surface area contributed by atoms with Crippen molar-refractivity contribution >= 4 is 27.9 Å². The number of carboxylic acid groups (broad SMARTS) is 1. The molecule has 2 heterocycles. The molecule has 0 radical (unpaired) electrons. The first-order valence-corrected chi connectivity index (χ1v) is 8.99. The minimum Gasteiger partial charge on any atom is -0.480 e. The summed E-state index contributed by atoms with van der Waals surface area (Å²) in [6, 6.07) is -0.899. The normalized spacial score (nSPS) is 31.2. The van der Waals surface area contributed by atoms with Crippen LogP contribution in [0.15, 0.2) is 0 Å². The SMILES string of the molecule is CC1CN(S(=O)(=O)N2CCCCC2C(=O)O)CCS1. The Balaban J connectivity index is 2.19. The molecule has 0 aromatic heterocycles. The summed E-state index contributed by atoms with van der Waals surface area (Å²) >= 11 is 1.75. The number of aliphatic carboxylic acids is 1. The molecule has 0 aromatic carbocycles. The molecule has 0 aromatic rings. The number of piperidine rings is 1. The van der Waals surface area contributed by atoms with E-state index >= 15 is 0 Å². The third-order valence-corrected chi connectivity index (χ3v) is 6.72. The zero-order chi connectivity index (χ0) is 14.0. The molecule has 0 spiro atoms. The number of nitrogens with zero attached hydrogens (tertiary/aromatic N) is 2. The average Bonchev–Trinajstić information content (AvgIpc) is 2.38. The van der Waals surface area contributed by atoms with E-state index in [0.29, 0.717) is 26.1 Å². The maximum atomic E-state index is 12.6. The molecule has 2 rings (SSSR count). The molecule has 110 valence electrons. The lowest BCUT2D eigenvalue weighted by molar-refractivity contribution is -0.142. The lowest BCUT2D eigenvalue weighted by atomic mass is 10.1. The molecule has 0 saturated carbocycles. The van der Waals surface area contributed by atoms with Crippen LogP contribution in [0.3, 0.4) is 0 Å². The van der Waals surface area contributed by atoms with Crippen LogP contribution in [-0.2, 0) is 15.0 Å². The van der Waals surface area contributed by atoms with E-state index < -0.39 is 22.2 Å². The maximum absolute atomic E-state index is 12.6. The average molecular weight is 308 g/mol. The van der Waals surface area contributed by atoms with Crippen LogP contribution in [0.2, 0.25) is 0 Å². The largest absolute Gasteiger partial charge is 0.480 e. The van der Waals surface area contributed by atoms with Crippen LogP contribution >= 0.6 is 11.8 Å². The van der Waals surface area contributed by atoms with E-state index in [1.807, 2.05) is 6.92 Å². The van der Waals surface area contributed by atoms with Crippen LogP contribution in [0.5, 0.6) is 0 Å². The summed E-state index contributed by atoms with van der Waals surface area (Å²) in [5, 5.41) is 9.45. The monoisotopic (exact) mass is 308 g/mol. The van der Waals surface area contributed by atoms with Gasteiger partial charge in [0, 0.05) is 30.6 Å². The first kappa shape index (κ1) is 15.1. The topological polar surface area (TPSA) is 77.9 Å². The summed E-state index contributed by atoms with van der Waals surface area (Å²) in [7, 11) is -3.64. The van der Waals surface area contributed by atoms with Crippen molar-refractivity contribution in [2.75, 3.05) is 25.4 Å². The molecule has 0 amide bonds. The molecule has 1 N–H and O–H groups in total.